The van der Waals surface area contributed by atoms with Gasteiger partial charge in [-0.1, -0.05) is 6.58 Å². The van der Waals surface area contributed by atoms with Crippen LogP contribution in [-0.4, -0.2) is 97.1 Å². The minimum absolute atomic E-state index is 0.168. The minimum Gasteiger partial charge on any atom is -0.460 e. The third-order valence-electron chi connectivity index (χ3n) is 5.61. The first-order valence-electron chi connectivity index (χ1n) is 11.0. The van der Waals surface area contributed by atoms with E-state index in [-0.39, 0.29) is 12.5 Å². The van der Waals surface area contributed by atoms with Crippen LogP contribution in [0.5, 0.6) is 0 Å². The highest BCUT2D eigenvalue weighted by atomic mass is 28.4. The van der Waals surface area contributed by atoms with Gasteiger partial charge in [-0.15, -0.1) is 0 Å². The first-order chi connectivity index (χ1) is 18.6. The van der Waals surface area contributed by atoms with Crippen LogP contribution in [0.3, 0.4) is 0 Å². The first-order valence-corrected chi connectivity index (χ1v) is 13.0. The van der Waals surface area contributed by atoms with Gasteiger partial charge in [-0.05, 0) is 13.3 Å². The lowest BCUT2D eigenvalue weighted by Gasteiger charge is -2.43. The second-order valence-electron chi connectivity index (χ2n) is 8.56. The summed E-state index contributed by atoms with van der Waals surface area (Å²) in [6.45, 7) is 1.79. The molecule has 0 aromatic heterocycles. The van der Waals surface area contributed by atoms with Crippen LogP contribution in [0.1, 0.15) is 19.8 Å². The molecule has 0 bridgehead atoms. The van der Waals surface area contributed by atoms with Crippen LogP contribution in [0, 0.1) is 0 Å². The summed E-state index contributed by atoms with van der Waals surface area (Å²) in [6, 6.07) is -0.168. The molecule has 0 saturated heterocycles. The molecule has 42 heavy (non-hydrogen) atoms. The molecule has 0 N–H and O–H groups in total. The number of rotatable bonds is 17. The van der Waals surface area contributed by atoms with E-state index in [1.165, 1.54) is 0 Å². The van der Waals surface area contributed by atoms with Crippen molar-refractivity contribution < 1.29 is 93.4 Å². The van der Waals surface area contributed by atoms with Crippen LogP contribution in [0.2, 0.25) is 6.04 Å². The largest absolute Gasteiger partial charge is 0.500 e. The third kappa shape index (κ3) is 7.64. The average molecular weight is 674 g/mol. The molecule has 0 aliphatic carbocycles. The average Bonchev–Trinajstić information content (AvgIpc) is 2.84. The Labute approximate surface area is 229 Å². The van der Waals surface area contributed by atoms with Crippen LogP contribution >= 0.6 is 0 Å². The number of alkyl halides is 15. The molecule has 0 heterocycles. The number of hydrogen-bond acceptors (Lipinski definition) is 6. The first kappa shape index (κ1) is 40.2. The summed E-state index contributed by atoms with van der Waals surface area (Å²) in [5.74, 6) is -32.7. The molecule has 1 atom stereocenters. The van der Waals surface area contributed by atoms with Gasteiger partial charge in [0.15, 0.2) is 0 Å². The van der Waals surface area contributed by atoms with Crippen LogP contribution in [0.15, 0.2) is 12.2 Å². The Morgan fingerprint density at radius 2 is 1.17 bits per heavy atom. The van der Waals surface area contributed by atoms with E-state index in [0.29, 0.717) is 0 Å². The van der Waals surface area contributed by atoms with E-state index >= 15 is 0 Å². The fourth-order valence-corrected chi connectivity index (χ4v) is 4.82. The number of carbonyl (C=O) groups is 1. The highest BCUT2D eigenvalue weighted by Gasteiger charge is 2.95. The van der Waals surface area contributed by atoms with E-state index < -0.39 is 87.8 Å². The molecule has 0 saturated carbocycles. The van der Waals surface area contributed by atoms with Crippen molar-refractivity contribution in [3.63, 3.8) is 0 Å². The van der Waals surface area contributed by atoms with Crippen molar-refractivity contribution in [3.05, 3.63) is 12.2 Å². The quantitative estimate of drug-likeness (QED) is 0.0576. The van der Waals surface area contributed by atoms with Gasteiger partial charge in [-0.3, -0.25) is 0 Å². The normalized spacial score (nSPS) is 15.5. The van der Waals surface area contributed by atoms with Crippen LogP contribution < -0.4 is 0 Å². The van der Waals surface area contributed by atoms with E-state index in [2.05, 4.69) is 11.3 Å². The zero-order valence-corrected chi connectivity index (χ0v) is 22.9. The lowest BCUT2D eigenvalue weighted by molar-refractivity contribution is -0.457. The minimum atomic E-state index is -8.54. The van der Waals surface area contributed by atoms with E-state index in [0.717, 1.165) is 28.3 Å². The van der Waals surface area contributed by atoms with E-state index in [4.69, 9.17) is 18.0 Å². The summed E-state index contributed by atoms with van der Waals surface area (Å²) in [4.78, 5) is 11.5. The highest BCUT2D eigenvalue weighted by molar-refractivity contribution is 6.60. The summed E-state index contributed by atoms with van der Waals surface area (Å²) in [6.07, 6.45) is -21.8. The van der Waals surface area contributed by atoms with Crippen LogP contribution in [-0.2, 0) is 27.5 Å². The number of halogens is 15. The van der Waals surface area contributed by atoms with Gasteiger partial charge < -0.3 is 22.8 Å². The Morgan fingerprint density at radius 3 is 1.52 bits per heavy atom. The molecular formula is C20H25F15O6Si. The zero-order valence-electron chi connectivity index (χ0n) is 21.9. The number of carbonyl (C=O) groups excluding carboxylic acids is 1. The van der Waals surface area contributed by atoms with E-state index in [1.54, 1.807) is 0 Å². The van der Waals surface area contributed by atoms with Gasteiger partial charge in [-0.2, -0.15) is 61.5 Å². The molecule has 1 unspecified atom stereocenters. The van der Waals surface area contributed by atoms with Crippen LogP contribution in [0.4, 0.5) is 65.9 Å². The molecule has 0 spiro atoms. The van der Waals surface area contributed by atoms with Gasteiger partial charge in [0.05, 0.1) is 6.10 Å². The molecule has 0 aromatic rings. The fraction of sp³-hybridized carbons (Fsp3) is 0.850. The summed E-state index contributed by atoms with van der Waals surface area (Å²) >= 11 is 0. The molecule has 0 amide bonds. The number of hydrogen-bond donors (Lipinski definition) is 0. The van der Waals surface area contributed by atoms with Crippen molar-refractivity contribution in [3.8, 4) is 0 Å². The molecule has 0 radical (unpaired) electrons. The Balaban J connectivity index is 6.39. The molecule has 6 nitrogen and oxygen atoms in total. The van der Waals surface area contributed by atoms with E-state index in [1.807, 2.05) is 0 Å². The molecular weight excluding hydrogens is 649 g/mol. The summed E-state index contributed by atoms with van der Waals surface area (Å²) in [5, 5.41) is 0. The van der Waals surface area contributed by atoms with Crippen molar-refractivity contribution in [1.29, 1.82) is 0 Å². The van der Waals surface area contributed by atoms with Crippen molar-refractivity contribution >= 4 is 14.8 Å². The fourth-order valence-electron chi connectivity index (χ4n) is 3.13. The molecule has 0 aromatic carbocycles. The highest BCUT2D eigenvalue weighted by Crippen LogP contribution is 2.64. The second-order valence-corrected chi connectivity index (χ2v) is 11.6. The molecule has 0 aliphatic rings. The predicted octanol–water partition coefficient (Wildman–Crippen LogP) is 6.52. The summed E-state index contributed by atoms with van der Waals surface area (Å²) in [5.41, 5.74) is -8.82. The Kier molecular flexibility index (Phi) is 12.9. The maximum atomic E-state index is 14.5. The third-order valence-corrected chi connectivity index (χ3v) is 8.44. The standard InChI is InChI=1S/C20H25F15O6Si/c1-11(2)13(36)41-10-12(40-7-6-8-42(37-3,38-4)39-5)9-14(21,22)16(24,25)18(28,29)17(26,27)15(23,19(30,31)32)20(33,34)35/h12H,1,6-10H2,2-5H3. The van der Waals surface area contributed by atoms with E-state index in [9.17, 15) is 70.7 Å². The molecule has 22 heteroatoms. The van der Waals surface area contributed by atoms with Gasteiger partial charge >= 0.3 is 56.5 Å². The lowest BCUT2D eigenvalue weighted by atomic mass is 9.85. The molecule has 0 rings (SSSR count). The smallest absolute Gasteiger partial charge is 0.460 e. The van der Waals surface area contributed by atoms with Crippen LogP contribution in [0.25, 0.3) is 0 Å². The second kappa shape index (κ2) is 13.5. The Morgan fingerprint density at radius 1 is 0.738 bits per heavy atom. The van der Waals surface area contributed by atoms with Gasteiger partial charge in [-0.25, -0.2) is 9.18 Å². The summed E-state index contributed by atoms with van der Waals surface area (Å²) < 4.78 is 227. The maximum Gasteiger partial charge on any atom is 0.500 e. The van der Waals surface area contributed by atoms with Crippen molar-refractivity contribution in [2.24, 2.45) is 0 Å². The SMILES string of the molecule is C=C(C)C(=O)OCC(CC(F)(F)C(F)(F)C(F)(F)C(F)(F)C(F)(C(F)(F)F)C(F)(F)F)OCCC[Si](OC)(OC)OC. The monoisotopic (exact) mass is 674 g/mol. The molecule has 250 valence electrons. The van der Waals surface area contributed by atoms with Crippen molar-refractivity contribution in [1.82, 2.24) is 0 Å². The summed E-state index contributed by atoms with van der Waals surface area (Å²) in [7, 11) is 0.0641. The number of ether oxygens (including phenoxy) is 2. The molecule has 0 fully saturated rings. The predicted molar refractivity (Wildman–Crippen MR) is 112 cm³/mol. The topological polar surface area (TPSA) is 63.2 Å². The van der Waals surface area contributed by atoms with Gasteiger partial charge in [0.1, 0.15) is 6.61 Å². The lowest BCUT2D eigenvalue weighted by Crippen LogP contribution is -2.75. The Hall–Kier alpha value is -1.78. The van der Waals surface area contributed by atoms with Gasteiger partial charge in [0.25, 0.3) is 0 Å². The number of esters is 1. The maximum absolute atomic E-state index is 14.5. The van der Waals surface area contributed by atoms with Gasteiger partial charge in [0, 0.05) is 46.0 Å². The Bertz CT molecular complexity index is 896. The molecule has 0 aliphatic heterocycles. The zero-order chi connectivity index (χ0) is 33.8. The van der Waals surface area contributed by atoms with Crippen molar-refractivity contribution in [2.45, 2.75) is 73.6 Å². The van der Waals surface area contributed by atoms with Gasteiger partial charge in [0.2, 0.25) is 0 Å². The van der Waals surface area contributed by atoms with Crippen molar-refractivity contribution in [2.75, 3.05) is 34.5 Å².